The standard InChI is InChI=1S/C13H13N3O/c14-6-12(10-4-2-1-3-5-10)13(17)11-7-15-9-16-8-11/h1-5,7-9,12H,6,14H2. The van der Waals surface area contributed by atoms with Crippen molar-refractivity contribution in [1.82, 2.24) is 9.97 Å². The molecule has 0 saturated heterocycles. The predicted octanol–water partition coefficient (Wildman–Crippen LogP) is 1.40. The SMILES string of the molecule is NCC(C(=O)c1cncnc1)c1ccccc1. The molecule has 0 aliphatic heterocycles. The highest BCUT2D eigenvalue weighted by molar-refractivity contribution is 6.00. The van der Waals surface area contributed by atoms with E-state index in [1.807, 2.05) is 30.3 Å². The van der Waals surface area contributed by atoms with Gasteiger partial charge in [-0.1, -0.05) is 30.3 Å². The van der Waals surface area contributed by atoms with Crippen molar-refractivity contribution in [2.45, 2.75) is 5.92 Å². The number of ketones is 1. The van der Waals surface area contributed by atoms with Crippen LogP contribution in [0.4, 0.5) is 0 Å². The zero-order chi connectivity index (χ0) is 12.1. The van der Waals surface area contributed by atoms with Gasteiger partial charge in [-0.2, -0.15) is 0 Å². The minimum absolute atomic E-state index is 0.0423. The summed E-state index contributed by atoms with van der Waals surface area (Å²) in [5.41, 5.74) is 7.09. The summed E-state index contributed by atoms with van der Waals surface area (Å²) in [5, 5.41) is 0. The third kappa shape index (κ3) is 2.54. The smallest absolute Gasteiger partial charge is 0.174 e. The van der Waals surface area contributed by atoms with Crippen LogP contribution < -0.4 is 5.73 Å². The fraction of sp³-hybridized carbons (Fsp3) is 0.154. The maximum Gasteiger partial charge on any atom is 0.174 e. The number of hydrogen-bond acceptors (Lipinski definition) is 4. The monoisotopic (exact) mass is 227 g/mol. The summed E-state index contributed by atoms with van der Waals surface area (Å²) in [6.45, 7) is 0.276. The Morgan fingerprint density at radius 1 is 1.18 bits per heavy atom. The molecule has 1 atom stereocenters. The largest absolute Gasteiger partial charge is 0.329 e. The number of aromatic nitrogens is 2. The average Bonchev–Trinajstić information content (AvgIpc) is 2.42. The van der Waals surface area contributed by atoms with E-state index in [4.69, 9.17) is 5.73 Å². The summed E-state index contributed by atoms with van der Waals surface area (Å²) in [6, 6.07) is 9.51. The first-order chi connectivity index (χ1) is 8.33. The van der Waals surface area contributed by atoms with Crippen LogP contribution in [0.1, 0.15) is 21.8 Å². The molecule has 1 aromatic carbocycles. The van der Waals surface area contributed by atoms with Crippen LogP contribution in [-0.2, 0) is 0 Å². The highest BCUT2D eigenvalue weighted by Gasteiger charge is 2.20. The number of rotatable bonds is 4. The Morgan fingerprint density at radius 3 is 2.41 bits per heavy atom. The lowest BCUT2D eigenvalue weighted by molar-refractivity contribution is 0.0961. The van der Waals surface area contributed by atoms with Gasteiger partial charge in [-0.3, -0.25) is 4.79 Å². The van der Waals surface area contributed by atoms with Gasteiger partial charge >= 0.3 is 0 Å². The highest BCUT2D eigenvalue weighted by atomic mass is 16.1. The molecule has 0 aliphatic rings. The summed E-state index contributed by atoms with van der Waals surface area (Å²) in [6.07, 6.45) is 4.43. The second-order valence-electron chi connectivity index (χ2n) is 3.69. The van der Waals surface area contributed by atoms with Gasteiger partial charge in [0.05, 0.1) is 11.5 Å². The van der Waals surface area contributed by atoms with Gasteiger partial charge in [-0.05, 0) is 5.56 Å². The Labute approximate surface area is 99.5 Å². The van der Waals surface area contributed by atoms with Crippen molar-refractivity contribution < 1.29 is 4.79 Å². The first-order valence-corrected chi connectivity index (χ1v) is 5.37. The molecule has 0 bridgehead atoms. The Hall–Kier alpha value is -2.07. The van der Waals surface area contributed by atoms with E-state index < -0.39 is 0 Å². The second-order valence-corrected chi connectivity index (χ2v) is 3.69. The maximum absolute atomic E-state index is 12.2. The predicted molar refractivity (Wildman–Crippen MR) is 64.6 cm³/mol. The zero-order valence-corrected chi connectivity index (χ0v) is 9.28. The zero-order valence-electron chi connectivity index (χ0n) is 9.28. The summed E-state index contributed by atoms with van der Waals surface area (Å²) in [7, 11) is 0. The number of hydrogen-bond donors (Lipinski definition) is 1. The van der Waals surface area contributed by atoms with E-state index in [1.54, 1.807) is 0 Å². The van der Waals surface area contributed by atoms with Crippen LogP contribution in [0.3, 0.4) is 0 Å². The van der Waals surface area contributed by atoms with Crippen LogP contribution in [0.2, 0.25) is 0 Å². The number of nitrogens with zero attached hydrogens (tertiary/aromatic N) is 2. The number of Topliss-reactive ketones (excluding diaryl/α,β-unsaturated/α-hetero) is 1. The minimum atomic E-state index is -0.331. The molecular weight excluding hydrogens is 214 g/mol. The molecule has 1 aromatic heterocycles. The van der Waals surface area contributed by atoms with E-state index in [0.29, 0.717) is 5.56 Å². The van der Waals surface area contributed by atoms with E-state index in [-0.39, 0.29) is 18.2 Å². The van der Waals surface area contributed by atoms with Crippen LogP contribution in [0.25, 0.3) is 0 Å². The molecular formula is C13H13N3O. The summed E-state index contributed by atoms with van der Waals surface area (Å²) in [5.74, 6) is -0.374. The van der Waals surface area contributed by atoms with Crippen molar-refractivity contribution in [3.63, 3.8) is 0 Å². The van der Waals surface area contributed by atoms with Gasteiger partial charge in [0.2, 0.25) is 0 Å². The van der Waals surface area contributed by atoms with E-state index in [0.717, 1.165) is 5.56 Å². The van der Waals surface area contributed by atoms with E-state index in [2.05, 4.69) is 9.97 Å². The first-order valence-electron chi connectivity index (χ1n) is 5.37. The average molecular weight is 227 g/mol. The molecule has 0 amide bonds. The third-order valence-electron chi connectivity index (χ3n) is 2.60. The van der Waals surface area contributed by atoms with Crippen molar-refractivity contribution >= 4 is 5.78 Å². The Morgan fingerprint density at radius 2 is 1.82 bits per heavy atom. The molecule has 0 saturated carbocycles. The maximum atomic E-state index is 12.2. The minimum Gasteiger partial charge on any atom is -0.329 e. The molecule has 0 aliphatic carbocycles. The molecule has 4 heteroatoms. The van der Waals surface area contributed by atoms with Crippen molar-refractivity contribution in [3.05, 3.63) is 60.2 Å². The van der Waals surface area contributed by atoms with Crippen LogP contribution in [0.5, 0.6) is 0 Å². The van der Waals surface area contributed by atoms with Gasteiger partial charge in [0.25, 0.3) is 0 Å². The fourth-order valence-electron chi connectivity index (χ4n) is 1.71. The van der Waals surface area contributed by atoms with Gasteiger partial charge in [-0.25, -0.2) is 9.97 Å². The molecule has 0 fully saturated rings. The molecule has 1 unspecified atom stereocenters. The van der Waals surface area contributed by atoms with Crippen molar-refractivity contribution in [1.29, 1.82) is 0 Å². The quantitative estimate of drug-likeness (QED) is 0.802. The molecule has 2 N–H and O–H groups in total. The third-order valence-corrected chi connectivity index (χ3v) is 2.60. The number of carbonyl (C=O) groups excluding carboxylic acids is 1. The lowest BCUT2D eigenvalue weighted by Crippen LogP contribution is -2.22. The first kappa shape index (κ1) is 11.4. The van der Waals surface area contributed by atoms with Crippen LogP contribution >= 0.6 is 0 Å². The summed E-state index contributed by atoms with van der Waals surface area (Å²) in [4.78, 5) is 19.9. The number of nitrogens with two attached hydrogens (primary N) is 1. The van der Waals surface area contributed by atoms with Gasteiger partial charge in [0.1, 0.15) is 6.33 Å². The number of carbonyl (C=O) groups is 1. The van der Waals surface area contributed by atoms with E-state index >= 15 is 0 Å². The van der Waals surface area contributed by atoms with Crippen LogP contribution in [-0.4, -0.2) is 22.3 Å². The van der Waals surface area contributed by atoms with Crippen LogP contribution in [0, 0.1) is 0 Å². The highest BCUT2D eigenvalue weighted by Crippen LogP contribution is 2.18. The topological polar surface area (TPSA) is 68.9 Å². The molecule has 4 nitrogen and oxygen atoms in total. The van der Waals surface area contributed by atoms with Crippen molar-refractivity contribution in [3.8, 4) is 0 Å². The lowest BCUT2D eigenvalue weighted by atomic mass is 9.92. The molecule has 86 valence electrons. The van der Waals surface area contributed by atoms with Gasteiger partial charge < -0.3 is 5.73 Å². The van der Waals surface area contributed by atoms with Crippen molar-refractivity contribution in [2.75, 3.05) is 6.54 Å². The second kappa shape index (κ2) is 5.32. The summed E-state index contributed by atoms with van der Waals surface area (Å²) < 4.78 is 0. The van der Waals surface area contributed by atoms with Crippen molar-refractivity contribution in [2.24, 2.45) is 5.73 Å². The fourth-order valence-corrected chi connectivity index (χ4v) is 1.71. The van der Waals surface area contributed by atoms with E-state index in [1.165, 1.54) is 18.7 Å². The van der Waals surface area contributed by atoms with E-state index in [9.17, 15) is 4.79 Å². The molecule has 17 heavy (non-hydrogen) atoms. The molecule has 2 aromatic rings. The number of benzene rings is 1. The van der Waals surface area contributed by atoms with Gasteiger partial charge in [0.15, 0.2) is 5.78 Å². The Kier molecular flexibility index (Phi) is 3.57. The summed E-state index contributed by atoms with van der Waals surface area (Å²) >= 11 is 0. The normalized spacial score (nSPS) is 12.1. The molecule has 0 radical (unpaired) electrons. The van der Waals surface area contributed by atoms with Crippen LogP contribution in [0.15, 0.2) is 49.1 Å². The lowest BCUT2D eigenvalue weighted by Gasteiger charge is -2.13. The Bertz CT molecular complexity index is 485. The molecule has 0 spiro atoms. The molecule has 2 rings (SSSR count). The Balaban J connectivity index is 2.29. The van der Waals surface area contributed by atoms with Gasteiger partial charge in [0, 0.05) is 18.9 Å². The van der Waals surface area contributed by atoms with Gasteiger partial charge in [-0.15, -0.1) is 0 Å². The molecule has 1 heterocycles.